The zero-order valence-electron chi connectivity index (χ0n) is 21.0. The van der Waals surface area contributed by atoms with Crippen molar-refractivity contribution in [2.75, 3.05) is 31.6 Å². The van der Waals surface area contributed by atoms with Crippen molar-refractivity contribution in [2.24, 2.45) is 5.92 Å². The summed E-state index contributed by atoms with van der Waals surface area (Å²) in [5, 5.41) is 3.27. The molecular weight excluding hydrogens is 440 g/mol. The predicted octanol–water partition coefficient (Wildman–Crippen LogP) is 3.05. The van der Waals surface area contributed by atoms with E-state index in [4.69, 9.17) is 0 Å². The molecule has 3 heterocycles. The molecule has 1 aliphatic heterocycles. The summed E-state index contributed by atoms with van der Waals surface area (Å²) in [6.07, 6.45) is 3.98. The van der Waals surface area contributed by atoms with E-state index in [-0.39, 0.29) is 23.4 Å². The molecule has 8 heteroatoms. The lowest BCUT2D eigenvalue weighted by Gasteiger charge is -2.33. The Labute approximate surface area is 207 Å². The van der Waals surface area contributed by atoms with Gasteiger partial charge in [0, 0.05) is 50.9 Å². The average molecular weight is 477 g/mol. The second-order valence-corrected chi connectivity index (χ2v) is 9.39. The van der Waals surface area contributed by atoms with Crippen molar-refractivity contribution >= 4 is 22.9 Å². The topological polar surface area (TPSA) is 83.4 Å². The van der Waals surface area contributed by atoms with Crippen molar-refractivity contribution in [3.8, 4) is 0 Å². The third-order valence-corrected chi connectivity index (χ3v) is 6.83. The van der Waals surface area contributed by atoms with E-state index >= 15 is 0 Å². The minimum absolute atomic E-state index is 0.0461. The Morgan fingerprint density at radius 1 is 1.14 bits per heavy atom. The first kappa shape index (κ1) is 24.9. The molecule has 1 atom stereocenters. The van der Waals surface area contributed by atoms with Gasteiger partial charge in [-0.25, -0.2) is 9.97 Å². The van der Waals surface area contributed by atoms with Crippen LogP contribution in [-0.2, 0) is 17.9 Å². The molecule has 1 aromatic carbocycles. The Bertz CT molecular complexity index is 1190. The smallest absolute Gasteiger partial charge is 0.295 e. The number of amides is 1. The number of pyridine rings is 1. The number of nitrogens with zero attached hydrogens (tertiary/aromatic N) is 5. The van der Waals surface area contributed by atoms with Gasteiger partial charge in [-0.1, -0.05) is 37.3 Å². The molecular formula is C27H36N6O2. The highest BCUT2D eigenvalue weighted by Crippen LogP contribution is 2.22. The molecule has 0 aliphatic carbocycles. The van der Waals surface area contributed by atoms with Crippen molar-refractivity contribution in [2.45, 2.75) is 52.2 Å². The van der Waals surface area contributed by atoms with E-state index in [0.717, 1.165) is 19.5 Å². The summed E-state index contributed by atoms with van der Waals surface area (Å²) in [6.45, 7) is 7.54. The number of fused-ring (bicyclic) bond motifs is 1. The summed E-state index contributed by atoms with van der Waals surface area (Å²) in [7, 11) is 2.09. The summed E-state index contributed by atoms with van der Waals surface area (Å²) < 4.78 is 1.67. The van der Waals surface area contributed by atoms with Gasteiger partial charge in [-0.3, -0.25) is 14.2 Å². The number of carbonyl (C=O) groups excluding carboxylic acids is 1. The number of aromatic nitrogens is 3. The summed E-state index contributed by atoms with van der Waals surface area (Å²) >= 11 is 0. The highest BCUT2D eigenvalue weighted by atomic mass is 16.2. The molecule has 1 amide bonds. The number of hydrogen-bond donors (Lipinski definition) is 1. The molecule has 1 fully saturated rings. The molecule has 0 spiro atoms. The number of aryl methyl sites for hydroxylation is 1. The molecule has 1 aliphatic rings. The normalized spacial score (nSPS) is 15.5. The van der Waals surface area contributed by atoms with E-state index in [1.54, 1.807) is 10.8 Å². The monoisotopic (exact) mass is 476 g/mol. The van der Waals surface area contributed by atoms with Crippen LogP contribution in [0.3, 0.4) is 0 Å². The van der Waals surface area contributed by atoms with Crippen molar-refractivity contribution < 1.29 is 4.79 Å². The second-order valence-electron chi connectivity index (χ2n) is 9.39. The largest absolute Gasteiger partial charge is 0.352 e. The molecule has 1 saturated heterocycles. The Morgan fingerprint density at radius 3 is 2.57 bits per heavy atom. The Morgan fingerprint density at radius 2 is 1.89 bits per heavy atom. The van der Waals surface area contributed by atoms with Crippen LogP contribution in [0.1, 0.15) is 38.7 Å². The van der Waals surface area contributed by atoms with Gasteiger partial charge in [0.15, 0.2) is 11.5 Å². The lowest BCUT2D eigenvalue weighted by atomic mass is 9.95. The molecule has 2 aromatic heterocycles. The first-order chi connectivity index (χ1) is 17.0. The van der Waals surface area contributed by atoms with Crippen molar-refractivity contribution in [3.05, 3.63) is 64.6 Å². The number of piperidine rings is 1. The average Bonchev–Trinajstić information content (AvgIpc) is 2.88. The van der Waals surface area contributed by atoms with Gasteiger partial charge >= 0.3 is 0 Å². The maximum Gasteiger partial charge on any atom is 0.295 e. The number of rotatable bonds is 9. The number of carbonyl (C=O) groups is 1. The molecule has 4 rings (SSSR count). The van der Waals surface area contributed by atoms with Crippen LogP contribution >= 0.6 is 0 Å². The molecule has 3 aromatic rings. The van der Waals surface area contributed by atoms with E-state index in [2.05, 4.69) is 58.4 Å². The van der Waals surface area contributed by atoms with Crippen LogP contribution in [0.2, 0.25) is 0 Å². The predicted molar refractivity (Wildman–Crippen MR) is 139 cm³/mol. The van der Waals surface area contributed by atoms with Crippen LogP contribution in [0.15, 0.2) is 53.5 Å². The SMILES string of the molecule is CCC(CN(C)Cc1ccccc1)NC(=O)C1CCN(c2nc3cccnc3n(CC)c2=O)CC1. The van der Waals surface area contributed by atoms with Crippen LogP contribution < -0.4 is 15.8 Å². The standard InChI is InChI=1S/C27H36N6O2/c1-4-22(19-31(3)18-20-10-7-6-8-11-20)29-26(34)21-13-16-32(17-14-21)25-27(35)33(5-2)24-23(30-25)12-9-15-28-24/h6-12,15,21-22H,4-5,13-14,16-19H2,1-3H3,(H,29,34). The van der Waals surface area contributed by atoms with Gasteiger partial charge in [0.1, 0.15) is 5.52 Å². The fraction of sp³-hybridized carbons (Fsp3) is 0.481. The van der Waals surface area contributed by atoms with Crippen LogP contribution in [0.25, 0.3) is 11.2 Å². The highest BCUT2D eigenvalue weighted by Gasteiger charge is 2.28. The fourth-order valence-corrected chi connectivity index (χ4v) is 4.85. The van der Waals surface area contributed by atoms with Crippen LogP contribution in [0.4, 0.5) is 5.82 Å². The molecule has 186 valence electrons. The van der Waals surface area contributed by atoms with E-state index < -0.39 is 0 Å². The number of benzene rings is 1. The molecule has 0 bridgehead atoms. The molecule has 0 radical (unpaired) electrons. The highest BCUT2D eigenvalue weighted by molar-refractivity contribution is 5.79. The van der Waals surface area contributed by atoms with Gasteiger partial charge < -0.3 is 15.1 Å². The summed E-state index contributed by atoms with van der Waals surface area (Å²) in [4.78, 5) is 39.4. The molecule has 1 N–H and O–H groups in total. The van der Waals surface area contributed by atoms with Crippen molar-refractivity contribution in [3.63, 3.8) is 0 Å². The Kier molecular flexibility index (Phi) is 8.13. The number of likely N-dealkylation sites (N-methyl/N-ethyl adjacent to an activating group) is 1. The van der Waals surface area contributed by atoms with E-state index in [1.807, 2.05) is 30.0 Å². The molecule has 0 saturated carbocycles. The van der Waals surface area contributed by atoms with E-state index in [0.29, 0.717) is 49.5 Å². The maximum absolute atomic E-state index is 13.1. The lowest BCUT2D eigenvalue weighted by molar-refractivity contribution is -0.126. The Balaban J connectivity index is 1.35. The minimum atomic E-state index is -0.117. The fourth-order valence-electron chi connectivity index (χ4n) is 4.85. The van der Waals surface area contributed by atoms with Gasteiger partial charge in [-0.05, 0) is 50.9 Å². The van der Waals surface area contributed by atoms with Crippen molar-refractivity contribution in [1.29, 1.82) is 0 Å². The summed E-state index contributed by atoms with van der Waals surface area (Å²) in [5.41, 5.74) is 2.48. The summed E-state index contributed by atoms with van der Waals surface area (Å²) in [6, 6.07) is 14.2. The van der Waals surface area contributed by atoms with Crippen molar-refractivity contribution in [1.82, 2.24) is 24.8 Å². The third-order valence-electron chi connectivity index (χ3n) is 6.83. The number of anilines is 1. The van der Waals surface area contributed by atoms with Gasteiger partial charge in [0.2, 0.25) is 5.91 Å². The van der Waals surface area contributed by atoms with E-state index in [9.17, 15) is 9.59 Å². The first-order valence-electron chi connectivity index (χ1n) is 12.6. The summed E-state index contributed by atoms with van der Waals surface area (Å²) in [5.74, 6) is 0.529. The first-order valence-corrected chi connectivity index (χ1v) is 12.6. The van der Waals surface area contributed by atoms with Crippen LogP contribution in [0, 0.1) is 5.92 Å². The minimum Gasteiger partial charge on any atom is -0.352 e. The van der Waals surface area contributed by atoms with Gasteiger partial charge in [0.05, 0.1) is 0 Å². The zero-order chi connectivity index (χ0) is 24.8. The lowest BCUT2D eigenvalue weighted by Crippen LogP contribution is -2.47. The molecule has 35 heavy (non-hydrogen) atoms. The Hall–Kier alpha value is -3.26. The zero-order valence-corrected chi connectivity index (χ0v) is 21.0. The quantitative estimate of drug-likeness (QED) is 0.511. The van der Waals surface area contributed by atoms with Gasteiger partial charge in [0.25, 0.3) is 5.56 Å². The third kappa shape index (κ3) is 5.88. The van der Waals surface area contributed by atoms with Crippen LogP contribution in [0.5, 0.6) is 0 Å². The maximum atomic E-state index is 13.1. The van der Waals surface area contributed by atoms with Gasteiger partial charge in [-0.15, -0.1) is 0 Å². The second kappa shape index (κ2) is 11.4. The van der Waals surface area contributed by atoms with E-state index in [1.165, 1.54) is 5.56 Å². The number of nitrogens with one attached hydrogen (secondary N) is 1. The van der Waals surface area contributed by atoms with Gasteiger partial charge in [-0.2, -0.15) is 0 Å². The molecule has 1 unspecified atom stereocenters. The van der Waals surface area contributed by atoms with Crippen LogP contribution in [-0.4, -0.2) is 58.1 Å². The number of hydrogen-bond acceptors (Lipinski definition) is 6. The molecule has 8 nitrogen and oxygen atoms in total.